The quantitative estimate of drug-likeness (QED) is 0.170. The Balaban J connectivity index is 1.29. The maximum atomic E-state index is 6.20. The second-order valence-electron chi connectivity index (χ2n) is 11.9. The minimum Gasteiger partial charge on any atom is -0.461 e. The minimum atomic E-state index is 0.557. The van der Waals surface area contributed by atoms with Crippen molar-refractivity contribution in [2.75, 3.05) is 0 Å². The number of aromatic nitrogens is 4. The standard InChI is InChI=1S/C43H28N4O2/c1-3-12-31(39-26(2)48-36-21-8-7-15-33(36)39)29-17-9-18-30-28(29)16-10-19-32(30)42-45-41(27-13-5-4-6-14-27)46-43(47-42)34-20-11-22-38-40(34)35-25-44-24-23-37(35)49-38/h3-25H,1H2,2H3/b31-12-. The van der Waals surface area contributed by atoms with Gasteiger partial charge >= 0.3 is 0 Å². The van der Waals surface area contributed by atoms with Gasteiger partial charge in [-0.05, 0) is 47.0 Å². The predicted octanol–water partition coefficient (Wildman–Crippen LogP) is 11.0. The van der Waals surface area contributed by atoms with Gasteiger partial charge in [-0.25, -0.2) is 15.0 Å². The Morgan fingerprint density at radius 3 is 2.14 bits per heavy atom. The van der Waals surface area contributed by atoms with Crippen LogP contribution >= 0.6 is 0 Å². The lowest BCUT2D eigenvalue weighted by Gasteiger charge is -2.14. The van der Waals surface area contributed by atoms with Crippen LogP contribution in [0.5, 0.6) is 0 Å². The van der Waals surface area contributed by atoms with Crippen LogP contribution in [0, 0.1) is 6.92 Å². The third-order valence-corrected chi connectivity index (χ3v) is 8.98. The largest absolute Gasteiger partial charge is 0.461 e. The summed E-state index contributed by atoms with van der Waals surface area (Å²) >= 11 is 0. The number of benzene rings is 5. The highest BCUT2D eigenvalue weighted by molar-refractivity contribution is 6.12. The highest BCUT2D eigenvalue weighted by atomic mass is 16.3. The van der Waals surface area contributed by atoms with Crippen LogP contribution in [-0.2, 0) is 0 Å². The number of furan rings is 2. The molecule has 0 N–H and O–H groups in total. The molecule has 0 aliphatic rings. The number of hydrogen-bond donors (Lipinski definition) is 0. The number of hydrogen-bond acceptors (Lipinski definition) is 6. The van der Waals surface area contributed by atoms with Crippen LogP contribution in [0.15, 0.2) is 155 Å². The molecule has 0 saturated carbocycles. The van der Waals surface area contributed by atoms with E-state index < -0.39 is 0 Å². The molecule has 0 fully saturated rings. The van der Waals surface area contributed by atoms with Crippen molar-refractivity contribution in [2.45, 2.75) is 6.92 Å². The van der Waals surface area contributed by atoms with Gasteiger partial charge in [0.05, 0.1) is 0 Å². The number of pyridine rings is 1. The number of nitrogens with zero attached hydrogens (tertiary/aromatic N) is 4. The zero-order chi connectivity index (χ0) is 32.9. The molecule has 0 radical (unpaired) electrons. The first-order chi connectivity index (χ1) is 24.2. The van der Waals surface area contributed by atoms with Gasteiger partial charge < -0.3 is 8.83 Å². The molecule has 4 heterocycles. The summed E-state index contributed by atoms with van der Waals surface area (Å²) in [6.45, 7) is 6.07. The van der Waals surface area contributed by atoms with Crippen molar-refractivity contribution in [1.29, 1.82) is 0 Å². The fourth-order valence-corrected chi connectivity index (χ4v) is 6.86. The minimum absolute atomic E-state index is 0.557. The summed E-state index contributed by atoms with van der Waals surface area (Å²) in [7, 11) is 0. The first kappa shape index (κ1) is 28.6. The first-order valence-corrected chi connectivity index (χ1v) is 16.1. The molecular formula is C43H28N4O2. The molecule has 0 aliphatic heterocycles. The molecule has 0 spiro atoms. The van der Waals surface area contributed by atoms with Crippen LogP contribution < -0.4 is 0 Å². The third-order valence-electron chi connectivity index (χ3n) is 8.98. The van der Waals surface area contributed by atoms with Gasteiger partial charge in [0.2, 0.25) is 0 Å². The summed E-state index contributed by atoms with van der Waals surface area (Å²) in [5, 5.41) is 4.98. The average molecular weight is 633 g/mol. The Bertz CT molecular complexity index is 2760. The molecule has 0 amide bonds. The monoisotopic (exact) mass is 632 g/mol. The topological polar surface area (TPSA) is 77.8 Å². The molecule has 0 saturated heterocycles. The Morgan fingerprint density at radius 2 is 1.27 bits per heavy atom. The van der Waals surface area contributed by atoms with E-state index >= 15 is 0 Å². The smallest absolute Gasteiger partial charge is 0.164 e. The fraction of sp³-hybridized carbons (Fsp3) is 0.0233. The highest BCUT2D eigenvalue weighted by Crippen LogP contribution is 2.40. The van der Waals surface area contributed by atoms with Crippen molar-refractivity contribution >= 4 is 49.3 Å². The van der Waals surface area contributed by atoms with E-state index in [1.54, 1.807) is 6.20 Å². The third kappa shape index (κ3) is 4.73. The van der Waals surface area contributed by atoms with Crippen molar-refractivity contribution in [2.24, 2.45) is 0 Å². The molecule has 5 aromatic carbocycles. The van der Waals surface area contributed by atoms with E-state index in [9.17, 15) is 0 Å². The first-order valence-electron chi connectivity index (χ1n) is 16.1. The van der Waals surface area contributed by atoms with Crippen molar-refractivity contribution < 1.29 is 8.83 Å². The van der Waals surface area contributed by atoms with E-state index in [4.69, 9.17) is 23.8 Å². The Labute approximate surface area is 281 Å². The zero-order valence-electron chi connectivity index (χ0n) is 26.6. The van der Waals surface area contributed by atoms with Gasteiger partial charge in [0, 0.05) is 50.8 Å². The van der Waals surface area contributed by atoms with Crippen LogP contribution in [0.4, 0.5) is 0 Å². The van der Waals surface area contributed by atoms with Crippen LogP contribution in [0.25, 0.3) is 83.4 Å². The van der Waals surface area contributed by atoms with E-state index in [0.29, 0.717) is 17.5 Å². The number of fused-ring (bicyclic) bond motifs is 5. The number of aryl methyl sites for hydroxylation is 1. The fourth-order valence-electron chi connectivity index (χ4n) is 6.86. The molecular weight excluding hydrogens is 604 g/mol. The Morgan fingerprint density at radius 1 is 0.592 bits per heavy atom. The van der Waals surface area contributed by atoms with Gasteiger partial charge in [-0.2, -0.15) is 0 Å². The average Bonchev–Trinajstić information content (AvgIpc) is 3.70. The van der Waals surface area contributed by atoms with Crippen LogP contribution in [0.2, 0.25) is 0 Å². The van der Waals surface area contributed by atoms with Crippen molar-refractivity contribution in [3.8, 4) is 34.2 Å². The Hall–Kier alpha value is -6.66. The normalized spacial score (nSPS) is 12.0. The lowest BCUT2D eigenvalue weighted by atomic mass is 9.90. The molecule has 9 rings (SSSR count). The van der Waals surface area contributed by atoms with Gasteiger partial charge in [0.15, 0.2) is 17.5 Å². The summed E-state index contributed by atoms with van der Waals surface area (Å²) in [4.78, 5) is 19.7. The van der Waals surface area contributed by atoms with E-state index in [1.807, 2.05) is 92.0 Å². The predicted molar refractivity (Wildman–Crippen MR) is 197 cm³/mol. The maximum Gasteiger partial charge on any atom is 0.164 e. The van der Waals surface area contributed by atoms with Crippen molar-refractivity contribution in [1.82, 2.24) is 19.9 Å². The van der Waals surface area contributed by atoms with Gasteiger partial charge in [0.1, 0.15) is 22.5 Å². The van der Waals surface area contributed by atoms with E-state index in [1.165, 1.54) is 0 Å². The molecule has 49 heavy (non-hydrogen) atoms. The molecule has 6 nitrogen and oxygen atoms in total. The van der Waals surface area contributed by atoms with E-state index in [0.717, 1.165) is 82.8 Å². The second kappa shape index (κ2) is 11.5. The lowest BCUT2D eigenvalue weighted by Crippen LogP contribution is -2.01. The van der Waals surface area contributed by atoms with Gasteiger partial charge in [-0.1, -0.05) is 116 Å². The summed E-state index contributed by atoms with van der Waals surface area (Å²) in [6.07, 6.45) is 7.46. The summed E-state index contributed by atoms with van der Waals surface area (Å²) in [5.74, 6) is 2.58. The number of allylic oxidation sites excluding steroid dienone is 2. The van der Waals surface area contributed by atoms with Crippen molar-refractivity contribution in [3.05, 3.63) is 163 Å². The molecule has 6 heteroatoms. The molecule has 0 bridgehead atoms. The summed E-state index contributed by atoms with van der Waals surface area (Å²) in [5.41, 5.74) is 8.18. The number of rotatable bonds is 6. The summed E-state index contributed by atoms with van der Waals surface area (Å²) < 4.78 is 12.4. The number of para-hydroxylation sites is 1. The lowest BCUT2D eigenvalue weighted by molar-refractivity contribution is 0.577. The Kier molecular flexibility index (Phi) is 6.73. The molecule has 4 aromatic heterocycles. The summed E-state index contributed by atoms with van der Waals surface area (Å²) in [6, 6.07) is 38.7. The zero-order valence-corrected chi connectivity index (χ0v) is 26.6. The van der Waals surface area contributed by atoms with Crippen LogP contribution in [0.3, 0.4) is 0 Å². The molecule has 232 valence electrons. The van der Waals surface area contributed by atoms with Gasteiger partial charge in [0.25, 0.3) is 0 Å². The molecule has 0 aliphatic carbocycles. The van der Waals surface area contributed by atoms with Crippen LogP contribution in [-0.4, -0.2) is 19.9 Å². The maximum absolute atomic E-state index is 6.20. The highest BCUT2D eigenvalue weighted by Gasteiger charge is 2.21. The molecule has 0 unspecified atom stereocenters. The van der Waals surface area contributed by atoms with E-state index in [2.05, 4.69) is 60.1 Å². The van der Waals surface area contributed by atoms with Gasteiger partial charge in [-0.3, -0.25) is 4.98 Å². The molecule has 0 atom stereocenters. The molecule has 9 aromatic rings. The van der Waals surface area contributed by atoms with Gasteiger partial charge in [-0.15, -0.1) is 0 Å². The second-order valence-corrected chi connectivity index (χ2v) is 11.9. The van der Waals surface area contributed by atoms with E-state index in [-0.39, 0.29) is 0 Å². The van der Waals surface area contributed by atoms with Crippen LogP contribution in [0.1, 0.15) is 16.9 Å². The SMILES string of the molecule is C=C/C=C(\c1c(C)oc2ccccc12)c1cccc2c(-c3nc(-c4ccccc4)nc(-c4cccc5oc6ccncc6c45)n3)cccc12. The van der Waals surface area contributed by atoms with Crippen molar-refractivity contribution in [3.63, 3.8) is 0 Å².